The van der Waals surface area contributed by atoms with E-state index in [9.17, 15) is 0 Å². The molecule has 0 aliphatic carbocycles. The van der Waals surface area contributed by atoms with Crippen molar-refractivity contribution in [2.24, 2.45) is 10.7 Å². The third-order valence-corrected chi connectivity index (χ3v) is 1.48. The molecule has 0 bridgehead atoms. The summed E-state index contributed by atoms with van der Waals surface area (Å²) >= 11 is 0. The van der Waals surface area contributed by atoms with E-state index in [-0.39, 0.29) is 12.6 Å². The topological polar surface area (TPSA) is 90.9 Å². The van der Waals surface area contributed by atoms with Crippen molar-refractivity contribution in [3.63, 3.8) is 0 Å². The second-order valence-corrected chi connectivity index (χ2v) is 2.43. The van der Waals surface area contributed by atoms with Crippen LogP contribution in [0.1, 0.15) is 5.56 Å². The monoisotopic (exact) mass is 181 g/mol. The summed E-state index contributed by atoms with van der Waals surface area (Å²) in [6.07, 6.45) is 0. The average molecular weight is 181 g/mol. The molecule has 0 aromatic heterocycles. The van der Waals surface area contributed by atoms with Crippen LogP contribution in [-0.4, -0.2) is 16.3 Å². The van der Waals surface area contributed by atoms with Crippen molar-refractivity contribution in [2.45, 2.75) is 6.61 Å². The van der Waals surface area contributed by atoms with E-state index in [1.807, 2.05) is 0 Å². The van der Waals surface area contributed by atoms with Crippen molar-refractivity contribution in [2.75, 3.05) is 0 Å². The quantitative estimate of drug-likeness (QED) is 0.296. The Bertz CT molecular complexity index is 295. The molecule has 0 aliphatic rings. The van der Waals surface area contributed by atoms with Crippen LogP contribution in [0.4, 0.5) is 5.69 Å². The maximum absolute atomic E-state index is 8.74. The first-order chi connectivity index (χ1) is 6.26. The number of hydrogen-bond acceptors (Lipinski definition) is 3. The Labute approximate surface area is 75.5 Å². The van der Waals surface area contributed by atoms with Crippen LogP contribution in [0, 0.1) is 0 Å². The predicted molar refractivity (Wildman–Crippen MR) is 48.6 cm³/mol. The van der Waals surface area contributed by atoms with Gasteiger partial charge >= 0.3 is 0 Å². The van der Waals surface area contributed by atoms with Crippen LogP contribution in [0.3, 0.4) is 0 Å². The molecule has 70 valence electrons. The summed E-state index contributed by atoms with van der Waals surface area (Å²) in [4.78, 5) is 3.80. The molecule has 5 nitrogen and oxygen atoms in total. The molecule has 0 saturated heterocycles. The molecular formula is C8H11N3O2. The Morgan fingerprint density at radius 3 is 2.46 bits per heavy atom. The fourth-order valence-electron chi connectivity index (χ4n) is 0.840. The van der Waals surface area contributed by atoms with E-state index < -0.39 is 0 Å². The number of guanidine groups is 1. The highest BCUT2D eigenvalue weighted by Gasteiger charge is 1.92. The van der Waals surface area contributed by atoms with Gasteiger partial charge in [0, 0.05) is 0 Å². The molecule has 0 fully saturated rings. The minimum Gasteiger partial charge on any atom is -0.392 e. The number of nitrogens with one attached hydrogen (secondary N) is 1. The number of aliphatic hydroxyl groups is 1. The molecule has 5 heteroatoms. The van der Waals surface area contributed by atoms with Crippen molar-refractivity contribution in [3.05, 3.63) is 29.8 Å². The van der Waals surface area contributed by atoms with Crippen LogP contribution < -0.4 is 11.2 Å². The van der Waals surface area contributed by atoms with Gasteiger partial charge in [-0.15, -0.1) is 0 Å². The van der Waals surface area contributed by atoms with Gasteiger partial charge in [-0.25, -0.2) is 10.5 Å². The second kappa shape index (κ2) is 4.44. The highest BCUT2D eigenvalue weighted by atomic mass is 16.5. The van der Waals surface area contributed by atoms with Crippen LogP contribution in [0.2, 0.25) is 0 Å². The summed E-state index contributed by atoms with van der Waals surface area (Å²) in [5.74, 6) is -0.0725. The van der Waals surface area contributed by atoms with E-state index in [1.165, 1.54) is 0 Å². The normalized spacial score (nSPS) is 11.4. The van der Waals surface area contributed by atoms with Crippen molar-refractivity contribution < 1.29 is 10.3 Å². The molecule has 0 aliphatic heterocycles. The molecule has 0 saturated carbocycles. The highest BCUT2D eigenvalue weighted by molar-refractivity contribution is 5.79. The SMILES string of the molecule is NC(=Nc1ccc(CO)cc1)NO. The van der Waals surface area contributed by atoms with Gasteiger partial charge in [-0.05, 0) is 17.7 Å². The zero-order valence-electron chi connectivity index (χ0n) is 6.94. The summed E-state index contributed by atoms with van der Waals surface area (Å²) in [6, 6.07) is 6.83. The van der Waals surface area contributed by atoms with Gasteiger partial charge in [0.2, 0.25) is 5.96 Å². The molecule has 0 radical (unpaired) electrons. The first-order valence-corrected chi connectivity index (χ1v) is 3.70. The summed E-state index contributed by atoms with van der Waals surface area (Å²) < 4.78 is 0. The minimum absolute atomic E-state index is 0.00226. The Balaban J connectivity index is 2.80. The van der Waals surface area contributed by atoms with Crippen molar-refractivity contribution in [1.82, 2.24) is 5.48 Å². The van der Waals surface area contributed by atoms with Gasteiger partial charge in [0.05, 0.1) is 12.3 Å². The maximum Gasteiger partial charge on any atom is 0.218 e. The van der Waals surface area contributed by atoms with Crippen LogP contribution in [0.15, 0.2) is 29.3 Å². The first kappa shape index (κ1) is 9.50. The lowest BCUT2D eigenvalue weighted by atomic mass is 10.2. The number of nitrogens with two attached hydrogens (primary N) is 1. The fourth-order valence-corrected chi connectivity index (χ4v) is 0.840. The molecule has 0 heterocycles. The molecule has 13 heavy (non-hydrogen) atoms. The Morgan fingerprint density at radius 1 is 1.38 bits per heavy atom. The maximum atomic E-state index is 8.74. The molecule has 1 aromatic carbocycles. The summed E-state index contributed by atoms with van der Waals surface area (Å²) in [5, 5.41) is 17.1. The van der Waals surface area contributed by atoms with E-state index in [2.05, 4.69) is 4.99 Å². The third-order valence-electron chi connectivity index (χ3n) is 1.48. The van der Waals surface area contributed by atoms with Gasteiger partial charge in [0.15, 0.2) is 0 Å². The Hall–Kier alpha value is -1.59. The summed E-state index contributed by atoms with van der Waals surface area (Å²) in [6.45, 7) is -0.00226. The van der Waals surface area contributed by atoms with Crippen LogP contribution in [-0.2, 0) is 6.61 Å². The summed E-state index contributed by atoms with van der Waals surface area (Å²) in [7, 11) is 0. The van der Waals surface area contributed by atoms with Gasteiger partial charge in [0.1, 0.15) is 0 Å². The van der Waals surface area contributed by atoms with Gasteiger partial charge in [0.25, 0.3) is 0 Å². The number of aliphatic hydroxyl groups excluding tert-OH is 1. The van der Waals surface area contributed by atoms with Crippen molar-refractivity contribution in [3.8, 4) is 0 Å². The number of hydroxylamine groups is 1. The molecule has 1 rings (SSSR count). The molecule has 0 atom stereocenters. The lowest BCUT2D eigenvalue weighted by molar-refractivity contribution is 0.233. The number of aliphatic imine (C=N–C) groups is 1. The fraction of sp³-hybridized carbons (Fsp3) is 0.125. The highest BCUT2D eigenvalue weighted by Crippen LogP contribution is 2.12. The zero-order chi connectivity index (χ0) is 9.68. The largest absolute Gasteiger partial charge is 0.392 e. The average Bonchev–Trinajstić information content (AvgIpc) is 2.19. The van der Waals surface area contributed by atoms with Crippen molar-refractivity contribution >= 4 is 11.6 Å². The van der Waals surface area contributed by atoms with E-state index >= 15 is 0 Å². The minimum atomic E-state index is -0.0725. The van der Waals surface area contributed by atoms with Crippen LogP contribution >= 0.6 is 0 Å². The van der Waals surface area contributed by atoms with Gasteiger partial charge in [-0.2, -0.15) is 0 Å². The second-order valence-electron chi connectivity index (χ2n) is 2.43. The molecular weight excluding hydrogens is 170 g/mol. The summed E-state index contributed by atoms with van der Waals surface area (Å²) in [5.41, 5.74) is 8.34. The smallest absolute Gasteiger partial charge is 0.218 e. The number of rotatable bonds is 2. The van der Waals surface area contributed by atoms with Crippen LogP contribution in [0.25, 0.3) is 0 Å². The molecule has 1 aromatic rings. The number of nitrogens with zero attached hydrogens (tertiary/aromatic N) is 1. The number of hydrogen-bond donors (Lipinski definition) is 4. The third kappa shape index (κ3) is 2.73. The molecule has 5 N–H and O–H groups in total. The Morgan fingerprint density at radius 2 is 2.00 bits per heavy atom. The first-order valence-electron chi connectivity index (χ1n) is 3.70. The molecule has 0 unspecified atom stereocenters. The van der Waals surface area contributed by atoms with Gasteiger partial charge in [-0.3, -0.25) is 5.21 Å². The van der Waals surface area contributed by atoms with E-state index in [1.54, 1.807) is 29.7 Å². The Kier molecular flexibility index (Phi) is 3.24. The molecule has 0 amide bonds. The predicted octanol–water partition coefficient (Wildman–Crippen LogP) is 0.104. The zero-order valence-corrected chi connectivity index (χ0v) is 6.94. The van der Waals surface area contributed by atoms with Gasteiger partial charge in [-0.1, -0.05) is 12.1 Å². The van der Waals surface area contributed by atoms with Crippen LogP contribution in [0.5, 0.6) is 0 Å². The van der Waals surface area contributed by atoms with Crippen molar-refractivity contribution in [1.29, 1.82) is 0 Å². The molecule has 0 spiro atoms. The van der Waals surface area contributed by atoms with E-state index in [0.717, 1.165) is 5.56 Å². The van der Waals surface area contributed by atoms with E-state index in [4.69, 9.17) is 16.0 Å². The standard InChI is InChI=1S/C8H11N3O2/c9-8(11-13)10-7-3-1-6(5-12)2-4-7/h1-4,12-13H,5H2,(H3,9,10,11). The number of benzene rings is 1. The van der Waals surface area contributed by atoms with E-state index in [0.29, 0.717) is 5.69 Å². The van der Waals surface area contributed by atoms with Gasteiger partial charge < -0.3 is 10.8 Å². The lowest BCUT2D eigenvalue weighted by Gasteiger charge is -1.98. The lowest BCUT2D eigenvalue weighted by Crippen LogP contribution is -2.27.